The summed E-state index contributed by atoms with van der Waals surface area (Å²) >= 11 is 0. The van der Waals surface area contributed by atoms with Gasteiger partial charge in [0.15, 0.2) is 11.5 Å². The molecule has 10 heteroatoms. The third kappa shape index (κ3) is 3.95. The van der Waals surface area contributed by atoms with Crippen molar-refractivity contribution in [3.63, 3.8) is 0 Å². The monoisotopic (exact) mass is 478 g/mol. The van der Waals surface area contributed by atoms with Crippen molar-refractivity contribution in [2.24, 2.45) is 4.99 Å². The molecule has 0 bridgehead atoms. The molecule has 3 heterocycles. The van der Waals surface area contributed by atoms with Gasteiger partial charge >= 0.3 is 5.69 Å². The zero-order valence-electron chi connectivity index (χ0n) is 19.7. The van der Waals surface area contributed by atoms with E-state index in [1.807, 2.05) is 26.1 Å². The van der Waals surface area contributed by atoms with Gasteiger partial charge in [-0.2, -0.15) is 0 Å². The number of methoxy groups -OCH3 is 1. The van der Waals surface area contributed by atoms with Crippen LogP contribution in [0.3, 0.4) is 0 Å². The van der Waals surface area contributed by atoms with Crippen LogP contribution >= 0.6 is 0 Å². The molecule has 35 heavy (non-hydrogen) atoms. The molecule has 0 saturated carbocycles. The van der Waals surface area contributed by atoms with Crippen LogP contribution in [0.5, 0.6) is 23.1 Å². The molecule has 5 rings (SSSR count). The smallest absolute Gasteiger partial charge is 0.335 e. The molecule has 2 aliphatic heterocycles. The number of aromatic hydroxyl groups is 1. The Hall–Kier alpha value is -4.05. The number of benzene rings is 2. The van der Waals surface area contributed by atoms with Gasteiger partial charge in [-0.1, -0.05) is 12.1 Å². The minimum absolute atomic E-state index is 0.0950. The summed E-state index contributed by atoms with van der Waals surface area (Å²) in [5.74, 6) is 1.40. The van der Waals surface area contributed by atoms with Crippen molar-refractivity contribution in [1.29, 1.82) is 0 Å². The number of hydrogen-bond donors (Lipinski definition) is 2. The minimum atomic E-state index is -0.725. The van der Waals surface area contributed by atoms with Crippen LogP contribution in [0, 0.1) is 6.92 Å². The SMILES string of the molecule is COc1c2c(cc3c1[C@H](CN=Cc1c(O)n(-c4cccc(C)c4)c(=O)[nH]c1=O)N(C)CC3)OCO2. The molecule has 0 spiro atoms. The maximum atomic E-state index is 12.5. The normalized spacial score (nSPS) is 17.1. The summed E-state index contributed by atoms with van der Waals surface area (Å²) in [6.07, 6.45) is 2.13. The van der Waals surface area contributed by atoms with Gasteiger partial charge in [0.25, 0.3) is 5.56 Å². The van der Waals surface area contributed by atoms with Crippen molar-refractivity contribution >= 4 is 6.21 Å². The summed E-state index contributed by atoms with van der Waals surface area (Å²) in [4.78, 5) is 33.9. The number of aryl methyl sites for hydroxylation is 1. The third-order valence-electron chi connectivity index (χ3n) is 6.43. The molecule has 0 fully saturated rings. The number of hydrogen-bond acceptors (Lipinski definition) is 8. The van der Waals surface area contributed by atoms with Crippen molar-refractivity contribution in [3.8, 4) is 28.8 Å². The summed E-state index contributed by atoms with van der Waals surface area (Å²) in [7, 11) is 3.59. The van der Waals surface area contributed by atoms with Gasteiger partial charge in [-0.05, 0) is 49.7 Å². The molecule has 0 unspecified atom stereocenters. The standard InChI is InChI=1S/C25H26N4O6/c1-14-5-4-6-16(9-14)29-24(31)17(23(30)27-25(29)32)11-26-12-18-20-15(7-8-28(18)2)10-19-21(22(20)33-3)35-13-34-19/h4-6,9-11,18,31H,7-8,12-13H2,1-3H3,(H,27,30,32)/t18-/m0/s1. The van der Waals surface area contributed by atoms with Gasteiger partial charge in [0.2, 0.25) is 18.4 Å². The molecule has 182 valence electrons. The summed E-state index contributed by atoms with van der Waals surface area (Å²) < 4.78 is 18.0. The highest BCUT2D eigenvalue weighted by Gasteiger charge is 2.33. The van der Waals surface area contributed by atoms with Crippen LogP contribution in [-0.2, 0) is 6.42 Å². The van der Waals surface area contributed by atoms with E-state index in [-0.39, 0.29) is 18.4 Å². The highest BCUT2D eigenvalue weighted by atomic mass is 16.7. The Morgan fingerprint density at radius 3 is 2.89 bits per heavy atom. The Morgan fingerprint density at radius 2 is 2.11 bits per heavy atom. The first-order valence-corrected chi connectivity index (χ1v) is 11.2. The van der Waals surface area contributed by atoms with Gasteiger partial charge in [0.1, 0.15) is 5.56 Å². The topological polar surface area (TPSA) is 118 Å². The zero-order chi connectivity index (χ0) is 24.7. The van der Waals surface area contributed by atoms with E-state index in [1.165, 1.54) is 6.21 Å². The van der Waals surface area contributed by atoms with E-state index in [1.54, 1.807) is 25.3 Å². The van der Waals surface area contributed by atoms with Gasteiger partial charge in [0, 0.05) is 18.3 Å². The van der Waals surface area contributed by atoms with Gasteiger partial charge < -0.3 is 19.3 Å². The lowest BCUT2D eigenvalue weighted by molar-refractivity contribution is 0.170. The number of aromatic nitrogens is 2. The molecule has 0 saturated heterocycles. The minimum Gasteiger partial charge on any atom is -0.493 e. The van der Waals surface area contributed by atoms with E-state index in [0.29, 0.717) is 29.5 Å². The first kappa shape index (κ1) is 22.7. The van der Waals surface area contributed by atoms with Gasteiger partial charge in [-0.3, -0.25) is 19.7 Å². The average Bonchev–Trinajstić information content (AvgIpc) is 3.29. The van der Waals surface area contributed by atoms with Gasteiger partial charge in [-0.15, -0.1) is 0 Å². The van der Waals surface area contributed by atoms with Crippen LogP contribution in [0.4, 0.5) is 0 Å². The summed E-state index contributed by atoms with van der Waals surface area (Å²) in [6, 6.07) is 8.90. The number of nitrogens with zero attached hydrogens (tertiary/aromatic N) is 3. The van der Waals surface area contributed by atoms with E-state index in [4.69, 9.17) is 14.2 Å². The number of likely N-dealkylation sites (N-methyl/N-ethyl adjacent to an activating group) is 1. The molecule has 2 aliphatic rings. The number of aliphatic imine (C=N–C) groups is 1. The molecule has 3 aromatic rings. The summed E-state index contributed by atoms with van der Waals surface area (Å²) in [5.41, 5.74) is 1.88. The highest BCUT2D eigenvalue weighted by molar-refractivity contribution is 5.82. The molecule has 10 nitrogen and oxygen atoms in total. The molecule has 2 aromatic carbocycles. The number of fused-ring (bicyclic) bond motifs is 2. The fraction of sp³-hybridized carbons (Fsp3) is 0.320. The van der Waals surface area contributed by atoms with Crippen LogP contribution in [0.2, 0.25) is 0 Å². The Balaban J connectivity index is 1.51. The fourth-order valence-electron chi connectivity index (χ4n) is 4.66. The first-order valence-electron chi connectivity index (χ1n) is 11.2. The Kier molecular flexibility index (Phi) is 5.81. The van der Waals surface area contributed by atoms with Crippen LogP contribution in [-0.4, -0.2) is 59.8 Å². The number of aromatic amines is 1. The predicted octanol–water partition coefficient (Wildman–Crippen LogP) is 1.93. The Morgan fingerprint density at radius 1 is 1.29 bits per heavy atom. The molecule has 1 aromatic heterocycles. The maximum absolute atomic E-state index is 12.5. The Bertz CT molecular complexity index is 1440. The second-order valence-corrected chi connectivity index (χ2v) is 8.63. The lowest BCUT2D eigenvalue weighted by Crippen LogP contribution is -2.34. The van der Waals surface area contributed by atoms with Crippen molar-refractivity contribution < 1.29 is 19.3 Å². The number of ether oxygens (including phenoxy) is 3. The van der Waals surface area contributed by atoms with Gasteiger partial charge in [-0.25, -0.2) is 9.36 Å². The molecular weight excluding hydrogens is 452 g/mol. The zero-order valence-corrected chi connectivity index (χ0v) is 19.7. The molecule has 0 radical (unpaired) electrons. The van der Waals surface area contributed by atoms with Crippen LogP contribution in [0.1, 0.15) is 28.3 Å². The second-order valence-electron chi connectivity index (χ2n) is 8.63. The van der Waals surface area contributed by atoms with E-state index < -0.39 is 17.1 Å². The quantitative estimate of drug-likeness (QED) is 0.538. The fourth-order valence-corrected chi connectivity index (χ4v) is 4.66. The highest BCUT2D eigenvalue weighted by Crippen LogP contribution is 2.49. The number of rotatable bonds is 5. The Labute approximate surface area is 201 Å². The van der Waals surface area contributed by atoms with Gasteiger partial charge in [0.05, 0.1) is 25.4 Å². The van der Waals surface area contributed by atoms with Crippen LogP contribution in [0.15, 0.2) is 44.9 Å². The van der Waals surface area contributed by atoms with E-state index in [0.717, 1.165) is 34.2 Å². The van der Waals surface area contributed by atoms with Crippen molar-refractivity contribution in [1.82, 2.24) is 14.5 Å². The number of H-pyrrole nitrogens is 1. The molecule has 0 aliphatic carbocycles. The van der Waals surface area contributed by atoms with Crippen LogP contribution in [0.25, 0.3) is 5.69 Å². The maximum Gasteiger partial charge on any atom is 0.335 e. The average molecular weight is 479 g/mol. The molecular formula is C25H26N4O6. The van der Waals surface area contributed by atoms with Crippen molar-refractivity contribution in [3.05, 3.63) is 73.4 Å². The molecule has 1 atom stereocenters. The molecule has 2 N–H and O–H groups in total. The largest absolute Gasteiger partial charge is 0.493 e. The summed E-state index contributed by atoms with van der Waals surface area (Å²) in [5, 5.41) is 10.8. The van der Waals surface area contributed by atoms with E-state index in [2.05, 4.69) is 14.9 Å². The summed E-state index contributed by atoms with van der Waals surface area (Å²) in [6.45, 7) is 3.12. The second kappa shape index (κ2) is 8.95. The number of nitrogens with one attached hydrogen (secondary N) is 1. The lowest BCUT2D eigenvalue weighted by atomic mass is 9.91. The first-order chi connectivity index (χ1) is 16.9. The predicted molar refractivity (Wildman–Crippen MR) is 130 cm³/mol. The lowest BCUT2D eigenvalue weighted by Gasteiger charge is -2.35. The van der Waals surface area contributed by atoms with E-state index >= 15 is 0 Å². The third-order valence-corrected chi connectivity index (χ3v) is 6.43. The van der Waals surface area contributed by atoms with E-state index in [9.17, 15) is 14.7 Å². The van der Waals surface area contributed by atoms with Crippen molar-refractivity contribution in [2.45, 2.75) is 19.4 Å². The van der Waals surface area contributed by atoms with Crippen molar-refractivity contribution in [2.75, 3.05) is 34.0 Å². The van der Waals surface area contributed by atoms with Crippen LogP contribution < -0.4 is 25.5 Å². The molecule has 0 amide bonds.